The van der Waals surface area contributed by atoms with Crippen molar-refractivity contribution in [2.45, 2.75) is 18.4 Å². The van der Waals surface area contributed by atoms with E-state index < -0.39 is 0 Å². The van der Waals surface area contributed by atoms with Crippen LogP contribution < -0.4 is 0 Å². The number of aromatic amines is 1. The first-order chi connectivity index (χ1) is 7.83. The number of aliphatic hydroxyl groups excluding tert-OH is 1. The van der Waals surface area contributed by atoms with Gasteiger partial charge in [0.25, 0.3) is 0 Å². The van der Waals surface area contributed by atoms with Crippen LogP contribution >= 0.6 is 11.8 Å². The van der Waals surface area contributed by atoms with Gasteiger partial charge in [-0.3, -0.25) is 0 Å². The van der Waals surface area contributed by atoms with E-state index in [2.05, 4.69) is 41.2 Å². The molecule has 3 nitrogen and oxygen atoms in total. The lowest BCUT2D eigenvalue weighted by atomic mass is 10.2. The second-order valence-corrected chi connectivity index (χ2v) is 4.70. The first-order valence-corrected chi connectivity index (χ1v) is 6.20. The molecule has 0 radical (unpaired) electrons. The van der Waals surface area contributed by atoms with Crippen LogP contribution in [0.3, 0.4) is 0 Å². The molecular weight excluding hydrogens is 220 g/mol. The summed E-state index contributed by atoms with van der Waals surface area (Å²) in [5, 5.41) is 8.91. The van der Waals surface area contributed by atoms with Crippen LogP contribution in [0.15, 0.2) is 35.4 Å². The molecule has 2 N–H and O–H groups in total. The zero-order chi connectivity index (χ0) is 11.4. The predicted molar refractivity (Wildman–Crippen MR) is 66.3 cm³/mol. The molecule has 0 atom stereocenters. The average Bonchev–Trinajstić information content (AvgIpc) is 2.79. The second kappa shape index (κ2) is 5.18. The van der Waals surface area contributed by atoms with Crippen LogP contribution in [0, 0.1) is 0 Å². The number of nitrogens with one attached hydrogen (secondary N) is 1. The number of H-pyrrole nitrogens is 1. The fraction of sp³-hybridized carbons (Fsp3) is 0.250. The maximum Gasteiger partial charge on any atom is 0.132 e. The average molecular weight is 234 g/mol. The molecule has 0 bridgehead atoms. The number of hydrogen-bond donors (Lipinski definition) is 2. The van der Waals surface area contributed by atoms with Crippen molar-refractivity contribution in [3.05, 3.63) is 36.3 Å². The highest BCUT2D eigenvalue weighted by atomic mass is 32.2. The molecule has 0 spiro atoms. The van der Waals surface area contributed by atoms with E-state index >= 15 is 0 Å². The number of hydrogen-bond acceptors (Lipinski definition) is 3. The van der Waals surface area contributed by atoms with Gasteiger partial charge in [0, 0.05) is 4.90 Å². The summed E-state index contributed by atoms with van der Waals surface area (Å²) in [5.74, 6) is 1.68. The molecule has 0 fully saturated rings. The first kappa shape index (κ1) is 11.2. The summed E-state index contributed by atoms with van der Waals surface area (Å²) in [7, 11) is 0. The summed E-state index contributed by atoms with van der Waals surface area (Å²) >= 11 is 1.82. The van der Waals surface area contributed by atoms with E-state index in [-0.39, 0.29) is 6.61 Å². The Kier molecular flexibility index (Phi) is 3.64. The van der Waals surface area contributed by atoms with Gasteiger partial charge in [-0.1, -0.05) is 19.1 Å². The highest BCUT2D eigenvalue weighted by Crippen LogP contribution is 2.22. The van der Waals surface area contributed by atoms with Crippen LogP contribution in [0.5, 0.6) is 0 Å². The fourth-order valence-electron chi connectivity index (χ4n) is 1.49. The molecule has 4 heteroatoms. The Morgan fingerprint density at radius 3 is 2.62 bits per heavy atom. The lowest BCUT2D eigenvalue weighted by Gasteiger charge is -2.00. The number of aliphatic hydroxyl groups is 1. The summed E-state index contributed by atoms with van der Waals surface area (Å²) in [6.45, 7) is 2.09. The zero-order valence-corrected chi connectivity index (χ0v) is 9.92. The molecule has 0 unspecified atom stereocenters. The minimum atomic E-state index is -0.0518. The molecular formula is C12H14N2OS. The Labute approximate surface area is 98.9 Å². The van der Waals surface area contributed by atoms with Crippen LogP contribution in [0.1, 0.15) is 12.7 Å². The quantitative estimate of drug-likeness (QED) is 0.800. The van der Waals surface area contributed by atoms with Crippen molar-refractivity contribution in [2.75, 3.05) is 5.75 Å². The fourth-order valence-corrected chi connectivity index (χ4v) is 2.15. The zero-order valence-electron chi connectivity index (χ0n) is 9.10. The minimum absolute atomic E-state index is 0.0518. The Morgan fingerprint density at radius 2 is 2.06 bits per heavy atom. The van der Waals surface area contributed by atoms with Gasteiger partial charge in [0.05, 0.1) is 11.9 Å². The van der Waals surface area contributed by atoms with Crippen LogP contribution in [0.2, 0.25) is 0 Å². The monoisotopic (exact) mass is 234 g/mol. The van der Waals surface area contributed by atoms with E-state index in [0.717, 1.165) is 17.0 Å². The standard InChI is InChI=1S/C12H14N2OS/c1-2-16-10-5-3-9(4-6-10)11-7-13-12(8-15)14-11/h3-7,15H,2,8H2,1H3,(H,13,14). The molecule has 0 saturated carbocycles. The topological polar surface area (TPSA) is 48.9 Å². The molecule has 0 aliphatic carbocycles. The van der Waals surface area contributed by atoms with Gasteiger partial charge in [-0.05, 0) is 23.4 Å². The second-order valence-electron chi connectivity index (χ2n) is 3.36. The number of thioether (sulfide) groups is 1. The van der Waals surface area contributed by atoms with E-state index in [4.69, 9.17) is 5.11 Å². The third-order valence-corrected chi connectivity index (χ3v) is 3.15. The summed E-state index contributed by atoms with van der Waals surface area (Å²) in [5.41, 5.74) is 2.03. The van der Waals surface area contributed by atoms with E-state index in [1.807, 2.05) is 11.8 Å². The molecule has 1 aromatic carbocycles. The lowest BCUT2D eigenvalue weighted by molar-refractivity contribution is 0.272. The van der Waals surface area contributed by atoms with Crippen molar-refractivity contribution in [2.24, 2.45) is 0 Å². The Bertz CT molecular complexity index is 450. The van der Waals surface area contributed by atoms with E-state index in [1.165, 1.54) is 4.90 Å². The molecule has 0 aliphatic heterocycles. The van der Waals surface area contributed by atoms with Crippen LogP contribution in [0.25, 0.3) is 11.3 Å². The van der Waals surface area contributed by atoms with Crippen LogP contribution in [-0.4, -0.2) is 20.8 Å². The van der Waals surface area contributed by atoms with E-state index in [1.54, 1.807) is 6.20 Å². The predicted octanol–water partition coefficient (Wildman–Crippen LogP) is 2.68. The normalized spacial score (nSPS) is 10.6. The maximum atomic E-state index is 8.91. The van der Waals surface area contributed by atoms with E-state index in [9.17, 15) is 0 Å². The SMILES string of the molecule is CCSc1ccc(-c2cnc(CO)[nH]2)cc1. The van der Waals surface area contributed by atoms with Gasteiger partial charge < -0.3 is 10.1 Å². The number of imidazole rings is 1. The summed E-state index contributed by atoms with van der Waals surface area (Å²) in [6.07, 6.45) is 1.74. The highest BCUT2D eigenvalue weighted by Gasteiger charge is 2.02. The summed E-state index contributed by atoms with van der Waals surface area (Å²) < 4.78 is 0. The molecule has 84 valence electrons. The molecule has 0 saturated heterocycles. The lowest BCUT2D eigenvalue weighted by Crippen LogP contribution is -1.84. The van der Waals surface area contributed by atoms with Gasteiger partial charge in [-0.2, -0.15) is 0 Å². The smallest absolute Gasteiger partial charge is 0.132 e. The summed E-state index contributed by atoms with van der Waals surface area (Å²) in [6, 6.07) is 8.32. The van der Waals surface area contributed by atoms with Crippen LogP contribution in [0.4, 0.5) is 0 Å². The minimum Gasteiger partial charge on any atom is -0.388 e. The Morgan fingerprint density at radius 1 is 1.31 bits per heavy atom. The molecule has 2 aromatic rings. The third kappa shape index (κ3) is 2.46. The third-order valence-electron chi connectivity index (χ3n) is 2.25. The van der Waals surface area contributed by atoms with Gasteiger partial charge in [0.2, 0.25) is 0 Å². The van der Waals surface area contributed by atoms with Crippen molar-refractivity contribution >= 4 is 11.8 Å². The Hall–Kier alpha value is -1.26. The van der Waals surface area contributed by atoms with Crippen LogP contribution in [-0.2, 0) is 6.61 Å². The first-order valence-electron chi connectivity index (χ1n) is 5.21. The van der Waals surface area contributed by atoms with Gasteiger partial charge >= 0.3 is 0 Å². The van der Waals surface area contributed by atoms with Crippen molar-refractivity contribution in [3.63, 3.8) is 0 Å². The van der Waals surface area contributed by atoms with Crippen molar-refractivity contribution in [1.29, 1.82) is 0 Å². The molecule has 1 heterocycles. The number of benzene rings is 1. The molecule has 16 heavy (non-hydrogen) atoms. The van der Waals surface area contributed by atoms with Gasteiger partial charge in [-0.25, -0.2) is 4.98 Å². The van der Waals surface area contributed by atoms with Crippen molar-refractivity contribution in [1.82, 2.24) is 9.97 Å². The molecule has 1 aromatic heterocycles. The maximum absolute atomic E-state index is 8.91. The molecule has 0 amide bonds. The van der Waals surface area contributed by atoms with Gasteiger partial charge in [-0.15, -0.1) is 11.8 Å². The molecule has 2 rings (SSSR count). The van der Waals surface area contributed by atoms with Crippen molar-refractivity contribution < 1.29 is 5.11 Å². The molecule has 0 aliphatic rings. The number of nitrogens with zero attached hydrogens (tertiary/aromatic N) is 1. The highest BCUT2D eigenvalue weighted by molar-refractivity contribution is 7.99. The van der Waals surface area contributed by atoms with Gasteiger partial charge in [0.1, 0.15) is 12.4 Å². The van der Waals surface area contributed by atoms with Gasteiger partial charge in [0.15, 0.2) is 0 Å². The van der Waals surface area contributed by atoms with Crippen molar-refractivity contribution in [3.8, 4) is 11.3 Å². The largest absolute Gasteiger partial charge is 0.388 e. The number of aromatic nitrogens is 2. The van der Waals surface area contributed by atoms with E-state index in [0.29, 0.717) is 5.82 Å². The Balaban J connectivity index is 2.20. The summed E-state index contributed by atoms with van der Waals surface area (Å²) in [4.78, 5) is 8.39. The number of rotatable bonds is 4.